The Morgan fingerprint density at radius 2 is 0.816 bits per heavy atom. The predicted octanol–water partition coefficient (Wildman–Crippen LogP) is 7.24. The van der Waals surface area contributed by atoms with Gasteiger partial charge in [-0.3, -0.25) is 0 Å². The minimum Gasteiger partial charge on any atom is -0.424 e. The van der Waals surface area contributed by atoms with Gasteiger partial charge in [0.15, 0.2) is 0 Å². The molecule has 0 aliphatic heterocycles. The molecule has 0 amide bonds. The van der Waals surface area contributed by atoms with Gasteiger partial charge in [-0.15, -0.1) is 0 Å². The molecule has 0 saturated carbocycles. The number of rotatable bonds is 4. The van der Waals surface area contributed by atoms with Crippen LogP contribution in [0, 0.1) is 0 Å². The molecular formula is C26H12Cl4N6O2. The van der Waals surface area contributed by atoms with E-state index in [1.165, 1.54) is 22.3 Å². The van der Waals surface area contributed by atoms with Gasteiger partial charge in [0.1, 0.15) is 11.5 Å². The maximum absolute atomic E-state index is 5.92. The fourth-order valence-corrected chi connectivity index (χ4v) is 5.92. The number of halogens is 4. The van der Waals surface area contributed by atoms with Crippen molar-refractivity contribution in [3.63, 3.8) is 0 Å². The molecule has 0 fully saturated rings. The zero-order chi connectivity index (χ0) is 26.0. The molecule has 0 radical (unpaired) electrons. The highest BCUT2D eigenvalue weighted by Gasteiger charge is 2.41. The molecule has 12 heteroatoms. The largest absolute Gasteiger partial charge is 0.424 e. The van der Waals surface area contributed by atoms with Crippen LogP contribution in [0.25, 0.3) is 0 Å². The van der Waals surface area contributed by atoms with E-state index in [0.717, 1.165) is 11.1 Å². The molecule has 5 aromatic rings. The minimum absolute atomic E-state index is 0.0158. The second-order valence-electron chi connectivity index (χ2n) is 8.59. The summed E-state index contributed by atoms with van der Waals surface area (Å²) >= 11 is 23.7. The lowest BCUT2D eigenvalue weighted by molar-refractivity contribution is 0.437. The van der Waals surface area contributed by atoms with E-state index in [2.05, 4.69) is 60.2 Å². The van der Waals surface area contributed by atoms with E-state index >= 15 is 0 Å². The fourth-order valence-electron chi connectivity index (χ4n) is 5.22. The molecule has 2 aromatic heterocycles. The molecule has 2 heterocycles. The van der Waals surface area contributed by atoms with Crippen LogP contribution in [0.15, 0.2) is 60.7 Å². The lowest BCUT2D eigenvalue weighted by Crippen LogP contribution is -2.27. The third-order valence-electron chi connectivity index (χ3n) is 6.52. The molecule has 0 spiro atoms. The van der Waals surface area contributed by atoms with E-state index in [9.17, 15) is 0 Å². The summed E-state index contributed by atoms with van der Waals surface area (Å²) in [5, 5.41) is -0.192. The van der Waals surface area contributed by atoms with Gasteiger partial charge in [0.2, 0.25) is 21.1 Å². The third kappa shape index (κ3) is 4.01. The van der Waals surface area contributed by atoms with Gasteiger partial charge in [-0.25, -0.2) is 0 Å². The lowest BCUT2D eigenvalue weighted by Gasteiger charge is -2.42. The second kappa shape index (κ2) is 9.03. The monoisotopic (exact) mass is 580 g/mol. The number of hydrogen-bond acceptors (Lipinski definition) is 8. The second-order valence-corrected chi connectivity index (χ2v) is 9.94. The van der Waals surface area contributed by atoms with Gasteiger partial charge in [0.25, 0.3) is 0 Å². The normalized spacial score (nSPS) is 16.4. The van der Waals surface area contributed by atoms with Crippen LogP contribution in [0.2, 0.25) is 21.1 Å². The van der Waals surface area contributed by atoms with E-state index in [1.807, 2.05) is 30.3 Å². The van der Waals surface area contributed by atoms with Gasteiger partial charge in [-0.05, 0) is 104 Å². The van der Waals surface area contributed by atoms with E-state index in [-0.39, 0.29) is 45.0 Å². The minimum atomic E-state index is -0.0654. The first-order chi connectivity index (χ1) is 18.4. The number of hydrogen-bond donors (Lipinski definition) is 0. The van der Waals surface area contributed by atoms with Crippen molar-refractivity contribution >= 4 is 46.4 Å². The Morgan fingerprint density at radius 3 is 1.24 bits per heavy atom. The summed E-state index contributed by atoms with van der Waals surface area (Å²) < 4.78 is 11.8. The van der Waals surface area contributed by atoms with Crippen molar-refractivity contribution in [1.82, 2.24) is 29.9 Å². The predicted molar refractivity (Wildman–Crippen MR) is 141 cm³/mol. The summed E-state index contributed by atoms with van der Waals surface area (Å²) in [6.45, 7) is 0. The van der Waals surface area contributed by atoms with Gasteiger partial charge in [0, 0.05) is 11.8 Å². The first-order valence-corrected chi connectivity index (χ1v) is 12.8. The van der Waals surface area contributed by atoms with Crippen LogP contribution in [-0.2, 0) is 0 Å². The van der Waals surface area contributed by atoms with Crippen LogP contribution in [0.4, 0.5) is 0 Å². The summed E-state index contributed by atoms with van der Waals surface area (Å²) in [6, 6.07) is 20.4. The van der Waals surface area contributed by atoms with Crippen molar-refractivity contribution in [3.05, 3.63) is 115 Å². The van der Waals surface area contributed by atoms with Crippen molar-refractivity contribution in [1.29, 1.82) is 0 Å². The van der Waals surface area contributed by atoms with Crippen LogP contribution in [0.5, 0.6) is 23.5 Å². The molecule has 186 valence electrons. The Labute approximate surface area is 235 Å². The molecule has 3 aliphatic carbocycles. The number of benzene rings is 3. The van der Waals surface area contributed by atoms with Gasteiger partial charge in [-0.1, -0.05) is 36.4 Å². The zero-order valence-corrected chi connectivity index (χ0v) is 22.0. The first kappa shape index (κ1) is 23.5. The molecule has 0 saturated heterocycles. The fraction of sp³-hybridized carbons (Fsp3) is 0.0769. The standard InChI is InChI=1S/C26H12Cl4N6O2/c27-21-31-22(28)34-25(33-21)37-11-5-7-15-17(9-11)20-14-4-2-1-3-13(14)19(15)16-8-6-12(10-18(16)20)38-26-35-23(29)32-24(30)36-26/h1-10,19-20H. The molecule has 8 nitrogen and oxygen atoms in total. The van der Waals surface area contributed by atoms with E-state index in [4.69, 9.17) is 55.9 Å². The Bertz CT molecular complexity index is 1620. The summed E-state index contributed by atoms with van der Waals surface area (Å²) in [5.41, 5.74) is 7.09. The average Bonchev–Trinajstić information content (AvgIpc) is 2.87. The molecule has 38 heavy (non-hydrogen) atoms. The smallest absolute Gasteiger partial charge is 0.327 e. The van der Waals surface area contributed by atoms with Crippen LogP contribution >= 0.6 is 46.4 Å². The van der Waals surface area contributed by atoms with Gasteiger partial charge < -0.3 is 9.47 Å². The van der Waals surface area contributed by atoms with Gasteiger partial charge >= 0.3 is 12.0 Å². The maximum Gasteiger partial charge on any atom is 0.327 e. The molecule has 8 rings (SSSR count). The third-order valence-corrected chi connectivity index (χ3v) is 7.19. The Hall–Kier alpha value is -3.56. The van der Waals surface area contributed by atoms with Crippen molar-refractivity contribution in [3.8, 4) is 23.5 Å². The summed E-state index contributed by atoms with van der Waals surface area (Å²) in [7, 11) is 0. The topological polar surface area (TPSA) is 95.8 Å². The van der Waals surface area contributed by atoms with E-state index in [0.29, 0.717) is 11.5 Å². The van der Waals surface area contributed by atoms with Crippen LogP contribution < -0.4 is 9.47 Å². The molecule has 2 bridgehead atoms. The van der Waals surface area contributed by atoms with Crippen LogP contribution in [-0.4, -0.2) is 29.9 Å². The Kier molecular flexibility index (Phi) is 5.59. The Balaban J connectivity index is 1.32. The maximum atomic E-state index is 5.92. The summed E-state index contributed by atoms with van der Waals surface area (Å²) in [6.07, 6.45) is 0. The van der Waals surface area contributed by atoms with E-state index in [1.54, 1.807) is 0 Å². The van der Waals surface area contributed by atoms with Crippen LogP contribution in [0.1, 0.15) is 45.2 Å². The molecule has 0 N–H and O–H groups in total. The number of ether oxygens (including phenoxy) is 2. The van der Waals surface area contributed by atoms with Gasteiger partial charge in [0.05, 0.1) is 0 Å². The van der Waals surface area contributed by atoms with E-state index < -0.39 is 0 Å². The average molecular weight is 582 g/mol. The van der Waals surface area contributed by atoms with Crippen molar-refractivity contribution in [2.75, 3.05) is 0 Å². The highest BCUT2D eigenvalue weighted by molar-refractivity contribution is 6.31. The highest BCUT2D eigenvalue weighted by Crippen LogP contribution is 2.56. The number of aromatic nitrogens is 6. The molecule has 0 unspecified atom stereocenters. The lowest BCUT2D eigenvalue weighted by atomic mass is 9.61. The summed E-state index contributed by atoms with van der Waals surface area (Å²) in [4.78, 5) is 23.6. The highest BCUT2D eigenvalue weighted by atomic mass is 35.5. The summed E-state index contributed by atoms with van der Waals surface area (Å²) in [5.74, 6) is 1.09. The van der Waals surface area contributed by atoms with Crippen molar-refractivity contribution in [2.24, 2.45) is 0 Å². The van der Waals surface area contributed by atoms with Crippen molar-refractivity contribution in [2.45, 2.75) is 11.8 Å². The molecule has 3 aromatic carbocycles. The number of nitrogens with zero attached hydrogens (tertiary/aromatic N) is 6. The SMILES string of the molecule is Clc1nc(Cl)nc(Oc2ccc3c(c2)C2c4ccccc4C3c3ccc(Oc4nc(Cl)nc(Cl)n4)cc32)n1. The first-order valence-electron chi connectivity index (χ1n) is 11.3. The van der Waals surface area contributed by atoms with Crippen molar-refractivity contribution < 1.29 is 9.47 Å². The Morgan fingerprint density at radius 1 is 0.447 bits per heavy atom. The van der Waals surface area contributed by atoms with Gasteiger partial charge in [-0.2, -0.15) is 29.9 Å². The molecule has 0 atom stereocenters. The molecule has 3 aliphatic rings. The zero-order valence-electron chi connectivity index (χ0n) is 18.9. The molecular weight excluding hydrogens is 570 g/mol. The quantitative estimate of drug-likeness (QED) is 0.214. The van der Waals surface area contributed by atoms with Crippen LogP contribution in [0.3, 0.4) is 0 Å².